The number of fused-ring (bicyclic) bond motifs is 3. The minimum atomic E-state index is -2.13. The van der Waals surface area contributed by atoms with E-state index in [2.05, 4.69) is 15.9 Å². The molecule has 6 rings (SSSR count). The van der Waals surface area contributed by atoms with Gasteiger partial charge in [-0.2, -0.15) is 0 Å². The maximum atomic E-state index is 13.7. The fourth-order valence-electron chi connectivity index (χ4n) is 5.32. The van der Waals surface area contributed by atoms with Crippen LogP contribution in [0, 0.1) is 17.7 Å². The van der Waals surface area contributed by atoms with Gasteiger partial charge in [0.2, 0.25) is 29.0 Å². The highest BCUT2D eigenvalue weighted by Gasteiger charge is 2.74. The summed E-state index contributed by atoms with van der Waals surface area (Å²) in [4.78, 5) is 55.7. The van der Waals surface area contributed by atoms with Gasteiger partial charge in [0.05, 0.1) is 23.6 Å². The molecule has 0 N–H and O–H groups in total. The molecule has 34 heavy (non-hydrogen) atoms. The summed E-state index contributed by atoms with van der Waals surface area (Å²) in [5.74, 6) is -5.51. The molecule has 0 unspecified atom stereocenters. The molecular weight excluding hydrogens is 505 g/mol. The van der Waals surface area contributed by atoms with Crippen LogP contribution >= 0.6 is 15.9 Å². The first-order valence-electron chi connectivity index (χ1n) is 10.6. The Morgan fingerprint density at radius 2 is 1.38 bits per heavy atom. The van der Waals surface area contributed by atoms with Gasteiger partial charge in [-0.05, 0) is 42.0 Å². The number of hydrogen-bond acceptors (Lipinski definition) is 5. The number of amides is 2. The minimum Gasteiger partial charge on any atom is -0.349 e. The molecule has 0 aromatic heterocycles. The average molecular weight is 520 g/mol. The van der Waals surface area contributed by atoms with E-state index in [1.165, 1.54) is 24.3 Å². The molecule has 3 aromatic carbocycles. The third kappa shape index (κ3) is 2.63. The Morgan fingerprint density at radius 3 is 1.97 bits per heavy atom. The van der Waals surface area contributed by atoms with Crippen molar-refractivity contribution in [3.63, 3.8) is 0 Å². The number of imide groups is 1. The van der Waals surface area contributed by atoms with E-state index in [0.29, 0.717) is 5.56 Å². The van der Waals surface area contributed by atoms with Crippen LogP contribution in [0.3, 0.4) is 0 Å². The van der Waals surface area contributed by atoms with Crippen molar-refractivity contribution in [2.45, 2.75) is 11.7 Å². The van der Waals surface area contributed by atoms with Crippen LogP contribution in [0.2, 0.25) is 0 Å². The monoisotopic (exact) mass is 519 g/mol. The third-order valence-electron chi connectivity index (χ3n) is 6.80. The van der Waals surface area contributed by atoms with Crippen LogP contribution < -0.4 is 4.90 Å². The van der Waals surface area contributed by atoms with E-state index >= 15 is 0 Å². The Bertz CT molecular complexity index is 1370. The number of ketones is 2. The third-order valence-corrected chi connectivity index (χ3v) is 7.33. The fourth-order valence-corrected chi connectivity index (χ4v) is 5.58. The number of Topliss-reactive ketones (excluding diaryl/α,β-unsaturated/α-hetero) is 2. The molecule has 2 saturated heterocycles. The number of benzene rings is 3. The molecule has 0 saturated carbocycles. The second-order valence-corrected chi connectivity index (χ2v) is 9.44. The highest BCUT2D eigenvalue weighted by Crippen LogP contribution is 2.57. The molecule has 3 atom stereocenters. The van der Waals surface area contributed by atoms with Crippen molar-refractivity contribution in [3.8, 4) is 0 Å². The molecule has 2 heterocycles. The van der Waals surface area contributed by atoms with E-state index in [-0.39, 0.29) is 16.8 Å². The van der Waals surface area contributed by atoms with E-state index in [0.717, 1.165) is 21.5 Å². The van der Waals surface area contributed by atoms with Crippen LogP contribution in [0.25, 0.3) is 0 Å². The molecule has 3 aliphatic rings. The molecule has 0 bridgehead atoms. The van der Waals surface area contributed by atoms with Crippen molar-refractivity contribution in [3.05, 3.63) is 99.8 Å². The maximum Gasteiger partial charge on any atom is 0.241 e. The summed E-state index contributed by atoms with van der Waals surface area (Å²) >= 11 is 3.37. The van der Waals surface area contributed by atoms with Gasteiger partial charge in [-0.15, -0.1) is 0 Å². The van der Waals surface area contributed by atoms with Gasteiger partial charge in [-0.1, -0.05) is 52.3 Å². The smallest absolute Gasteiger partial charge is 0.241 e. The molecular formula is C26H15BrFNO5. The lowest BCUT2D eigenvalue weighted by atomic mass is 9.77. The lowest BCUT2D eigenvalue weighted by Gasteiger charge is -2.27. The standard InChI is InChI=1S/C26H15BrFNO5/c27-14-7-5-13(6-8-14)21-19-20(25(33)29(24(19)32)16-11-9-15(28)10-12-16)26(34-21)22(30)17-3-1-2-4-18(17)23(26)31/h1-12,19-21H/t19-,20-,21-/m1/s1. The molecule has 8 heteroatoms. The van der Waals surface area contributed by atoms with Crippen LogP contribution in [0.4, 0.5) is 10.1 Å². The summed E-state index contributed by atoms with van der Waals surface area (Å²) < 4.78 is 20.5. The summed E-state index contributed by atoms with van der Waals surface area (Å²) in [5, 5.41) is 0. The Labute approximate surface area is 201 Å². The molecule has 2 amide bonds. The number of rotatable bonds is 2. The van der Waals surface area contributed by atoms with Crippen molar-refractivity contribution in [1.82, 2.24) is 0 Å². The zero-order valence-corrected chi connectivity index (χ0v) is 19.0. The van der Waals surface area contributed by atoms with Gasteiger partial charge in [0.1, 0.15) is 5.82 Å². The SMILES string of the molecule is O=C1[C@H]2[C@@H](c3ccc(Br)cc3)OC3(C(=O)c4ccccc4C3=O)[C@H]2C(=O)N1c1ccc(F)cc1. The van der Waals surface area contributed by atoms with Crippen molar-refractivity contribution in [2.75, 3.05) is 4.90 Å². The lowest BCUT2D eigenvalue weighted by molar-refractivity contribution is -0.127. The highest BCUT2D eigenvalue weighted by molar-refractivity contribution is 9.10. The fraction of sp³-hybridized carbons (Fsp3) is 0.154. The topological polar surface area (TPSA) is 80.8 Å². The summed E-state index contributed by atoms with van der Waals surface area (Å²) in [5.41, 5.74) is -1.06. The second-order valence-electron chi connectivity index (χ2n) is 8.52. The molecule has 3 aromatic rings. The van der Waals surface area contributed by atoms with Gasteiger partial charge in [0, 0.05) is 15.6 Å². The van der Waals surface area contributed by atoms with Gasteiger partial charge >= 0.3 is 0 Å². The number of hydrogen-bond donors (Lipinski definition) is 0. The number of halogens is 2. The van der Waals surface area contributed by atoms with Gasteiger partial charge in [-0.25, -0.2) is 9.29 Å². The van der Waals surface area contributed by atoms with Gasteiger partial charge in [0.25, 0.3) is 0 Å². The first kappa shape index (κ1) is 21.1. The maximum absolute atomic E-state index is 13.7. The lowest BCUT2D eigenvalue weighted by Crippen LogP contribution is -2.51. The minimum absolute atomic E-state index is 0.170. The van der Waals surface area contributed by atoms with Crippen molar-refractivity contribution in [2.24, 2.45) is 11.8 Å². The molecule has 2 aliphatic heterocycles. The van der Waals surface area contributed by atoms with Crippen LogP contribution in [0.15, 0.2) is 77.3 Å². The van der Waals surface area contributed by atoms with E-state index in [1.807, 2.05) is 0 Å². The van der Waals surface area contributed by atoms with Crippen molar-refractivity contribution < 1.29 is 28.3 Å². The number of nitrogens with zero attached hydrogens (tertiary/aromatic N) is 1. The molecule has 1 aliphatic carbocycles. The number of carbonyl (C=O) groups is 4. The summed E-state index contributed by atoms with van der Waals surface area (Å²) in [6.07, 6.45) is -0.998. The molecule has 2 fully saturated rings. The van der Waals surface area contributed by atoms with Crippen molar-refractivity contribution >= 4 is 45.0 Å². The van der Waals surface area contributed by atoms with E-state index in [1.54, 1.807) is 36.4 Å². The second kappa shape index (κ2) is 7.25. The Balaban J connectivity index is 1.54. The summed E-state index contributed by atoms with van der Waals surface area (Å²) in [6.45, 7) is 0. The Kier molecular flexibility index (Phi) is 4.49. The predicted molar refractivity (Wildman–Crippen MR) is 122 cm³/mol. The Morgan fingerprint density at radius 1 is 0.794 bits per heavy atom. The molecule has 6 nitrogen and oxygen atoms in total. The highest BCUT2D eigenvalue weighted by atomic mass is 79.9. The van der Waals surface area contributed by atoms with E-state index in [9.17, 15) is 23.6 Å². The van der Waals surface area contributed by atoms with Gasteiger partial charge in [0.15, 0.2) is 0 Å². The zero-order chi connectivity index (χ0) is 23.8. The quantitative estimate of drug-likeness (QED) is 0.372. The molecule has 168 valence electrons. The van der Waals surface area contributed by atoms with Crippen LogP contribution in [0.5, 0.6) is 0 Å². The van der Waals surface area contributed by atoms with Gasteiger partial charge < -0.3 is 4.74 Å². The van der Waals surface area contributed by atoms with Gasteiger partial charge in [-0.3, -0.25) is 19.2 Å². The predicted octanol–water partition coefficient (Wildman–Crippen LogP) is 4.28. The largest absolute Gasteiger partial charge is 0.349 e. The van der Waals surface area contributed by atoms with E-state index < -0.39 is 52.7 Å². The summed E-state index contributed by atoms with van der Waals surface area (Å²) in [6, 6.07) is 18.2. The molecule has 1 spiro atoms. The number of ether oxygens (including phenoxy) is 1. The molecule has 0 radical (unpaired) electrons. The zero-order valence-electron chi connectivity index (χ0n) is 17.4. The van der Waals surface area contributed by atoms with Crippen LogP contribution in [0.1, 0.15) is 32.4 Å². The first-order valence-corrected chi connectivity index (χ1v) is 11.4. The van der Waals surface area contributed by atoms with E-state index in [4.69, 9.17) is 4.74 Å². The van der Waals surface area contributed by atoms with Crippen LogP contribution in [-0.2, 0) is 14.3 Å². The number of anilines is 1. The first-order chi connectivity index (χ1) is 16.3. The Hall–Kier alpha value is -3.49. The van der Waals surface area contributed by atoms with Crippen LogP contribution in [-0.4, -0.2) is 29.0 Å². The van der Waals surface area contributed by atoms with Crippen molar-refractivity contribution in [1.29, 1.82) is 0 Å². The summed E-state index contributed by atoms with van der Waals surface area (Å²) in [7, 11) is 0. The normalized spacial score (nSPS) is 24.8. The average Bonchev–Trinajstić information content (AvgIpc) is 3.40. The number of carbonyl (C=O) groups excluding carboxylic acids is 4.